The quantitative estimate of drug-likeness (QED) is 0.834. The van der Waals surface area contributed by atoms with Crippen molar-refractivity contribution in [2.24, 2.45) is 12.8 Å². The Morgan fingerprint density at radius 3 is 2.62 bits per heavy atom. The third-order valence-corrected chi connectivity index (χ3v) is 2.96. The van der Waals surface area contributed by atoms with E-state index < -0.39 is 0 Å². The average molecular weight is 215 g/mol. The van der Waals surface area contributed by atoms with Crippen LogP contribution < -0.4 is 5.73 Å². The highest BCUT2D eigenvalue weighted by molar-refractivity contribution is 5.69. The second-order valence-electron chi connectivity index (χ2n) is 4.07. The van der Waals surface area contributed by atoms with Crippen molar-refractivity contribution in [1.29, 1.82) is 0 Å². The van der Waals surface area contributed by atoms with Crippen LogP contribution in [0.2, 0.25) is 0 Å². The van der Waals surface area contributed by atoms with Crippen LogP contribution in [0.4, 0.5) is 0 Å². The fraction of sp³-hybridized carbons (Fsp3) is 0.308. The molecule has 0 spiro atoms. The summed E-state index contributed by atoms with van der Waals surface area (Å²) in [6.07, 6.45) is 0. The molecule has 1 aromatic heterocycles. The van der Waals surface area contributed by atoms with Gasteiger partial charge in [0, 0.05) is 24.8 Å². The molecule has 2 aromatic rings. The maximum atomic E-state index is 5.66. The first-order chi connectivity index (χ1) is 7.63. The molecule has 0 radical (unpaired) electrons. The molecule has 0 unspecified atom stereocenters. The summed E-state index contributed by atoms with van der Waals surface area (Å²) in [6, 6.07) is 8.33. The Morgan fingerprint density at radius 2 is 2.06 bits per heavy atom. The molecule has 16 heavy (non-hydrogen) atoms. The molecular formula is C13H17N3. The van der Waals surface area contributed by atoms with Crippen molar-refractivity contribution in [3.05, 3.63) is 41.2 Å². The van der Waals surface area contributed by atoms with Crippen molar-refractivity contribution >= 4 is 0 Å². The highest BCUT2D eigenvalue weighted by Gasteiger charge is 2.11. The Bertz CT molecular complexity index is 512. The number of rotatable bonds is 2. The largest absolute Gasteiger partial charge is 0.326 e. The fourth-order valence-corrected chi connectivity index (χ4v) is 2.05. The monoisotopic (exact) mass is 215 g/mol. The van der Waals surface area contributed by atoms with Gasteiger partial charge in [-0.25, -0.2) is 0 Å². The van der Waals surface area contributed by atoms with E-state index in [1.807, 2.05) is 30.8 Å². The van der Waals surface area contributed by atoms with E-state index in [1.165, 1.54) is 16.8 Å². The maximum absolute atomic E-state index is 5.66. The van der Waals surface area contributed by atoms with Gasteiger partial charge < -0.3 is 5.73 Å². The number of aromatic nitrogens is 2. The summed E-state index contributed by atoms with van der Waals surface area (Å²) in [5.41, 5.74) is 11.5. The number of nitrogens with zero attached hydrogens (tertiary/aromatic N) is 2. The second kappa shape index (κ2) is 4.10. The Balaban J connectivity index is 2.58. The molecule has 1 aromatic carbocycles. The SMILES string of the molecule is Cc1nn(C)c(C)c1-c1cccc(CN)c1. The van der Waals surface area contributed by atoms with Gasteiger partial charge in [0.05, 0.1) is 5.69 Å². The number of hydrogen-bond donors (Lipinski definition) is 1. The lowest BCUT2D eigenvalue weighted by Gasteiger charge is -2.04. The lowest BCUT2D eigenvalue weighted by molar-refractivity contribution is 0.731. The molecule has 2 N–H and O–H groups in total. The summed E-state index contributed by atoms with van der Waals surface area (Å²) in [7, 11) is 1.97. The van der Waals surface area contributed by atoms with E-state index in [4.69, 9.17) is 5.73 Å². The fourth-order valence-electron chi connectivity index (χ4n) is 2.05. The van der Waals surface area contributed by atoms with Crippen molar-refractivity contribution in [2.45, 2.75) is 20.4 Å². The van der Waals surface area contributed by atoms with Crippen molar-refractivity contribution in [1.82, 2.24) is 9.78 Å². The Morgan fingerprint density at radius 1 is 1.31 bits per heavy atom. The van der Waals surface area contributed by atoms with Crippen LogP contribution in [0.5, 0.6) is 0 Å². The van der Waals surface area contributed by atoms with E-state index in [-0.39, 0.29) is 0 Å². The van der Waals surface area contributed by atoms with E-state index >= 15 is 0 Å². The Hall–Kier alpha value is -1.61. The van der Waals surface area contributed by atoms with Crippen LogP contribution >= 0.6 is 0 Å². The number of nitrogens with two attached hydrogens (primary N) is 1. The van der Waals surface area contributed by atoms with Crippen LogP contribution in [-0.4, -0.2) is 9.78 Å². The minimum absolute atomic E-state index is 0.576. The van der Waals surface area contributed by atoms with Crippen LogP contribution in [0, 0.1) is 13.8 Å². The third kappa shape index (κ3) is 1.74. The standard InChI is InChI=1S/C13H17N3/c1-9-13(10(2)16(3)15-9)12-6-4-5-11(7-12)8-14/h4-7H,8,14H2,1-3H3. The Labute approximate surface area is 95.9 Å². The number of hydrogen-bond acceptors (Lipinski definition) is 2. The highest BCUT2D eigenvalue weighted by Crippen LogP contribution is 2.26. The van der Waals surface area contributed by atoms with Gasteiger partial charge in [0.1, 0.15) is 0 Å². The molecule has 0 amide bonds. The molecule has 3 nitrogen and oxygen atoms in total. The van der Waals surface area contributed by atoms with E-state index in [9.17, 15) is 0 Å². The van der Waals surface area contributed by atoms with Crippen LogP contribution in [0.15, 0.2) is 24.3 Å². The van der Waals surface area contributed by atoms with E-state index in [2.05, 4.69) is 24.2 Å². The predicted molar refractivity (Wildman–Crippen MR) is 66.0 cm³/mol. The predicted octanol–water partition coefficient (Wildman–Crippen LogP) is 2.16. The summed E-state index contributed by atoms with van der Waals surface area (Å²) >= 11 is 0. The zero-order chi connectivity index (χ0) is 11.7. The molecule has 84 valence electrons. The zero-order valence-corrected chi connectivity index (χ0v) is 9.99. The van der Waals surface area contributed by atoms with Gasteiger partial charge in [-0.3, -0.25) is 4.68 Å². The van der Waals surface area contributed by atoms with Crippen molar-refractivity contribution in [3.8, 4) is 11.1 Å². The molecule has 0 fully saturated rings. The molecule has 0 aliphatic carbocycles. The minimum Gasteiger partial charge on any atom is -0.326 e. The summed E-state index contributed by atoms with van der Waals surface area (Å²) in [5, 5.41) is 4.43. The maximum Gasteiger partial charge on any atom is 0.0674 e. The topological polar surface area (TPSA) is 43.8 Å². The summed E-state index contributed by atoms with van der Waals surface area (Å²) in [4.78, 5) is 0. The smallest absolute Gasteiger partial charge is 0.0674 e. The van der Waals surface area contributed by atoms with Gasteiger partial charge in [0.15, 0.2) is 0 Å². The van der Waals surface area contributed by atoms with Crippen LogP contribution in [-0.2, 0) is 13.6 Å². The highest BCUT2D eigenvalue weighted by atomic mass is 15.3. The summed E-state index contributed by atoms with van der Waals surface area (Å²) in [6.45, 7) is 4.70. The van der Waals surface area contributed by atoms with Gasteiger partial charge in [0.25, 0.3) is 0 Å². The van der Waals surface area contributed by atoms with E-state index in [1.54, 1.807) is 0 Å². The van der Waals surface area contributed by atoms with Crippen molar-refractivity contribution in [2.75, 3.05) is 0 Å². The van der Waals surface area contributed by atoms with Gasteiger partial charge in [-0.05, 0) is 31.0 Å². The van der Waals surface area contributed by atoms with Crippen molar-refractivity contribution < 1.29 is 0 Å². The number of benzene rings is 1. The normalized spacial score (nSPS) is 10.8. The molecule has 0 saturated heterocycles. The molecule has 1 heterocycles. The lowest BCUT2D eigenvalue weighted by atomic mass is 10.0. The second-order valence-corrected chi connectivity index (χ2v) is 4.07. The van der Waals surface area contributed by atoms with Crippen LogP contribution in [0.3, 0.4) is 0 Å². The van der Waals surface area contributed by atoms with E-state index in [0.717, 1.165) is 11.3 Å². The van der Waals surface area contributed by atoms with Crippen LogP contribution in [0.25, 0.3) is 11.1 Å². The molecule has 0 bridgehead atoms. The molecule has 3 heteroatoms. The van der Waals surface area contributed by atoms with Gasteiger partial charge in [-0.2, -0.15) is 5.10 Å². The molecule has 0 aliphatic heterocycles. The van der Waals surface area contributed by atoms with Gasteiger partial charge >= 0.3 is 0 Å². The summed E-state index contributed by atoms with van der Waals surface area (Å²) < 4.78 is 1.92. The lowest BCUT2D eigenvalue weighted by Crippen LogP contribution is -1.96. The van der Waals surface area contributed by atoms with Gasteiger partial charge in [0.2, 0.25) is 0 Å². The first-order valence-corrected chi connectivity index (χ1v) is 5.43. The molecule has 2 rings (SSSR count). The first-order valence-electron chi connectivity index (χ1n) is 5.43. The summed E-state index contributed by atoms with van der Waals surface area (Å²) in [5.74, 6) is 0. The molecule has 0 saturated carbocycles. The van der Waals surface area contributed by atoms with Gasteiger partial charge in [-0.1, -0.05) is 18.2 Å². The first kappa shape index (κ1) is 10.9. The third-order valence-electron chi connectivity index (χ3n) is 2.96. The van der Waals surface area contributed by atoms with E-state index in [0.29, 0.717) is 6.54 Å². The zero-order valence-electron chi connectivity index (χ0n) is 9.99. The minimum atomic E-state index is 0.576. The van der Waals surface area contributed by atoms with Gasteiger partial charge in [-0.15, -0.1) is 0 Å². The number of aryl methyl sites for hydroxylation is 2. The van der Waals surface area contributed by atoms with Crippen LogP contribution in [0.1, 0.15) is 17.0 Å². The molecule has 0 atom stereocenters. The Kier molecular flexibility index (Phi) is 2.79. The molecular weight excluding hydrogens is 198 g/mol. The van der Waals surface area contributed by atoms with Crippen molar-refractivity contribution in [3.63, 3.8) is 0 Å². The molecule has 0 aliphatic rings. The average Bonchev–Trinajstić information content (AvgIpc) is 2.53.